The Balaban J connectivity index is 1.78. The molecule has 0 bridgehead atoms. The van der Waals surface area contributed by atoms with Gasteiger partial charge >= 0.3 is 6.01 Å². The zero-order valence-electron chi connectivity index (χ0n) is 12.2. The summed E-state index contributed by atoms with van der Waals surface area (Å²) in [6.45, 7) is 4.83. The van der Waals surface area contributed by atoms with Gasteiger partial charge < -0.3 is 20.1 Å². The molecule has 0 unspecified atom stereocenters. The summed E-state index contributed by atoms with van der Waals surface area (Å²) in [7, 11) is 1.77. The molecule has 20 heavy (non-hydrogen) atoms. The highest BCUT2D eigenvalue weighted by atomic mass is 16.5. The Hall–Kier alpha value is -1.63. The molecule has 0 radical (unpaired) electrons. The van der Waals surface area contributed by atoms with Crippen molar-refractivity contribution in [3.63, 3.8) is 0 Å². The van der Waals surface area contributed by atoms with Crippen molar-refractivity contribution in [2.75, 3.05) is 44.0 Å². The van der Waals surface area contributed by atoms with E-state index in [1.165, 1.54) is 12.8 Å². The maximum atomic E-state index is 5.55. The molecule has 1 aliphatic rings. The molecule has 2 rings (SSSR count). The molecule has 0 atom stereocenters. The van der Waals surface area contributed by atoms with Crippen LogP contribution >= 0.6 is 0 Å². The number of aromatic nitrogens is 3. The molecule has 112 valence electrons. The van der Waals surface area contributed by atoms with Crippen LogP contribution in [0.1, 0.15) is 26.2 Å². The summed E-state index contributed by atoms with van der Waals surface area (Å²) in [6.07, 6.45) is 3.54. The minimum atomic E-state index is 0.340. The monoisotopic (exact) mass is 281 g/mol. The highest BCUT2D eigenvalue weighted by molar-refractivity contribution is 5.35. The molecule has 7 heteroatoms. The zero-order valence-corrected chi connectivity index (χ0v) is 12.2. The van der Waals surface area contributed by atoms with Crippen LogP contribution in [0.15, 0.2) is 0 Å². The molecule has 1 heterocycles. The Morgan fingerprint density at radius 2 is 1.95 bits per heavy atom. The number of hydrogen-bond donors (Lipinski definition) is 2. The van der Waals surface area contributed by atoms with Gasteiger partial charge in [-0.25, -0.2) is 0 Å². The lowest BCUT2D eigenvalue weighted by Crippen LogP contribution is -2.14. The molecule has 0 aliphatic heterocycles. The number of hydrogen-bond acceptors (Lipinski definition) is 7. The van der Waals surface area contributed by atoms with Crippen molar-refractivity contribution in [3.05, 3.63) is 0 Å². The van der Waals surface area contributed by atoms with E-state index in [4.69, 9.17) is 9.47 Å². The van der Waals surface area contributed by atoms with E-state index in [9.17, 15) is 0 Å². The van der Waals surface area contributed by atoms with Gasteiger partial charge in [-0.1, -0.05) is 6.92 Å². The Bertz CT molecular complexity index is 412. The number of nitrogens with one attached hydrogen (secondary N) is 2. The van der Waals surface area contributed by atoms with Gasteiger partial charge in [0.05, 0.1) is 13.2 Å². The summed E-state index contributed by atoms with van der Waals surface area (Å²) < 4.78 is 11.0. The molecular weight excluding hydrogens is 258 g/mol. The first-order valence-electron chi connectivity index (χ1n) is 7.20. The number of rotatable bonds is 10. The second-order valence-corrected chi connectivity index (χ2v) is 4.81. The first-order chi connectivity index (χ1) is 9.81. The maximum Gasteiger partial charge on any atom is 0.323 e. The quantitative estimate of drug-likeness (QED) is 0.629. The minimum absolute atomic E-state index is 0.340. The molecular formula is C13H23N5O2. The topological polar surface area (TPSA) is 81.2 Å². The number of anilines is 2. The summed E-state index contributed by atoms with van der Waals surface area (Å²) in [5, 5.41) is 6.02. The normalized spacial score (nSPS) is 14.1. The Morgan fingerprint density at radius 1 is 1.15 bits per heavy atom. The minimum Gasteiger partial charge on any atom is -0.463 e. The molecule has 1 aliphatic carbocycles. The lowest BCUT2D eigenvalue weighted by Gasteiger charge is -2.09. The lowest BCUT2D eigenvalue weighted by molar-refractivity contribution is 0.133. The van der Waals surface area contributed by atoms with Crippen LogP contribution in [0.25, 0.3) is 0 Å². The molecule has 1 saturated carbocycles. The van der Waals surface area contributed by atoms with Crippen LogP contribution in [0.3, 0.4) is 0 Å². The van der Waals surface area contributed by atoms with Crippen molar-refractivity contribution in [2.45, 2.75) is 26.2 Å². The SMILES string of the molecule is CCCOc1nc(NC)nc(NCCOCC2CC2)n1. The van der Waals surface area contributed by atoms with Crippen LogP contribution in [0.5, 0.6) is 6.01 Å². The van der Waals surface area contributed by atoms with Gasteiger partial charge in [0.1, 0.15) is 0 Å². The van der Waals surface area contributed by atoms with E-state index in [0.717, 1.165) is 18.9 Å². The van der Waals surface area contributed by atoms with E-state index in [1.807, 2.05) is 6.92 Å². The number of ether oxygens (including phenoxy) is 2. The Kier molecular flexibility index (Phi) is 5.79. The van der Waals surface area contributed by atoms with Crippen molar-refractivity contribution in [1.82, 2.24) is 15.0 Å². The van der Waals surface area contributed by atoms with Crippen LogP contribution in [0.4, 0.5) is 11.9 Å². The highest BCUT2D eigenvalue weighted by Crippen LogP contribution is 2.28. The van der Waals surface area contributed by atoms with Gasteiger partial charge in [0, 0.05) is 20.2 Å². The highest BCUT2D eigenvalue weighted by Gasteiger charge is 2.20. The van der Waals surface area contributed by atoms with E-state index in [-0.39, 0.29) is 0 Å². The second-order valence-electron chi connectivity index (χ2n) is 4.81. The molecule has 1 fully saturated rings. The first kappa shape index (κ1) is 14.8. The van der Waals surface area contributed by atoms with Crippen LogP contribution in [0.2, 0.25) is 0 Å². The summed E-state index contributed by atoms with van der Waals surface area (Å²) in [6, 6.07) is 0.340. The second kappa shape index (κ2) is 7.84. The third-order valence-electron chi connectivity index (χ3n) is 2.85. The molecule has 0 saturated heterocycles. The summed E-state index contributed by atoms with van der Waals surface area (Å²) in [4.78, 5) is 12.6. The van der Waals surface area contributed by atoms with E-state index >= 15 is 0 Å². The van der Waals surface area contributed by atoms with Gasteiger partial charge in [-0.2, -0.15) is 15.0 Å². The lowest BCUT2D eigenvalue weighted by atomic mass is 10.5. The largest absolute Gasteiger partial charge is 0.463 e. The number of nitrogens with zero attached hydrogens (tertiary/aromatic N) is 3. The van der Waals surface area contributed by atoms with E-state index in [1.54, 1.807) is 7.05 Å². The van der Waals surface area contributed by atoms with Gasteiger partial charge in [-0.3, -0.25) is 0 Å². The molecule has 0 aromatic carbocycles. The molecule has 0 amide bonds. The van der Waals surface area contributed by atoms with E-state index in [2.05, 4.69) is 25.6 Å². The fourth-order valence-corrected chi connectivity index (χ4v) is 1.57. The van der Waals surface area contributed by atoms with Crippen molar-refractivity contribution < 1.29 is 9.47 Å². The molecule has 2 N–H and O–H groups in total. The van der Waals surface area contributed by atoms with Crippen LogP contribution in [-0.2, 0) is 4.74 Å². The van der Waals surface area contributed by atoms with E-state index in [0.29, 0.717) is 37.7 Å². The van der Waals surface area contributed by atoms with Crippen molar-refractivity contribution in [3.8, 4) is 6.01 Å². The van der Waals surface area contributed by atoms with Crippen LogP contribution in [0, 0.1) is 5.92 Å². The third-order valence-corrected chi connectivity index (χ3v) is 2.85. The third kappa shape index (κ3) is 5.16. The van der Waals surface area contributed by atoms with Gasteiger partial charge in [0.2, 0.25) is 11.9 Å². The molecule has 1 aromatic heterocycles. The fraction of sp³-hybridized carbons (Fsp3) is 0.769. The Morgan fingerprint density at radius 3 is 2.65 bits per heavy atom. The van der Waals surface area contributed by atoms with Gasteiger partial charge in [0.25, 0.3) is 0 Å². The van der Waals surface area contributed by atoms with Crippen molar-refractivity contribution in [2.24, 2.45) is 5.92 Å². The summed E-state index contributed by atoms with van der Waals surface area (Å²) in [5.74, 6) is 1.79. The summed E-state index contributed by atoms with van der Waals surface area (Å²) in [5.41, 5.74) is 0. The van der Waals surface area contributed by atoms with Crippen molar-refractivity contribution in [1.29, 1.82) is 0 Å². The standard InChI is InChI=1S/C13H23N5O2/c1-3-7-20-13-17-11(14-2)16-12(18-13)15-6-8-19-9-10-4-5-10/h10H,3-9H2,1-2H3,(H2,14,15,16,17,18). The maximum absolute atomic E-state index is 5.55. The van der Waals surface area contributed by atoms with Crippen LogP contribution in [-0.4, -0.2) is 48.4 Å². The average molecular weight is 281 g/mol. The van der Waals surface area contributed by atoms with Gasteiger partial charge in [0.15, 0.2) is 0 Å². The fourth-order valence-electron chi connectivity index (χ4n) is 1.57. The Labute approximate surface area is 119 Å². The van der Waals surface area contributed by atoms with E-state index < -0.39 is 0 Å². The smallest absolute Gasteiger partial charge is 0.323 e. The predicted octanol–water partition coefficient (Wildman–Crippen LogP) is 1.54. The molecule has 7 nitrogen and oxygen atoms in total. The van der Waals surface area contributed by atoms with Crippen LogP contribution < -0.4 is 15.4 Å². The molecule has 1 aromatic rings. The average Bonchev–Trinajstić information content (AvgIpc) is 3.28. The summed E-state index contributed by atoms with van der Waals surface area (Å²) >= 11 is 0. The predicted molar refractivity (Wildman–Crippen MR) is 77.2 cm³/mol. The zero-order chi connectivity index (χ0) is 14.2. The van der Waals surface area contributed by atoms with Gasteiger partial charge in [-0.15, -0.1) is 0 Å². The van der Waals surface area contributed by atoms with Crippen molar-refractivity contribution >= 4 is 11.9 Å². The first-order valence-corrected chi connectivity index (χ1v) is 7.20. The molecule has 0 spiro atoms. The van der Waals surface area contributed by atoms with Gasteiger partial charge in [-0.05, 0) is 25.2 Å².